The standard InChI is InChI=1S/C36H32N2O6/c1-35(2)20-27-30(29(40)21-35)36(34(43)37(27)22-24-12-8-5-9-13-24)31(28(39)19-14-23-10-6-4-7-11-23)32(41)33(42)38(36)25-15-17-26(44-3)18-16-25/h4-19,41H,20-22H2,1-3H3. The Bertz CT molecular complexity index is 1770. The molecule has 222 valence electrons. The molecule has 0 aromatic heterocycles. The van der Waals surface area contributed by atoms with Crippen LogP contribution in [0.5, 0.6) is 5.75 Å². The van der Waals surface area contributed by atoms with E-state index in [4.69, 9.17) is 4.74 Å². The van der Waals surface area contributed by atoms with E-state index in [1.54, 1.807) is 42.5 Å². The van der Waals surface area contributed by atoms with Crippen molar-refractivity contribution in [2.45, 2.75) is 38.8 Å². The van der Waals surface area contributed by atoms with Gasteiger partial charge in [0.15, 0.2) is 22.9 Å². The molecule has 44 heavy (non-hydrogen) atoms. The van der Waals surface area contributed by atoms with Crippen molar-refractivity contribution >= 4 is 35.1 Å². The van der Waals surface area contributed by atoms with Gasteiger partial charge in [0, 0.05) is 17.8 Å². The van der Waals surface area contributed by atoms with E-state index in [1.165, 1.54) is 18.1 Å². The molecule has 1 aliphatic carbocycles. The fourth-order valence-electron chi connectivity index (χ4n) is 6.53. The second kappa shape index (κ2) is 10.8. The van der Waals surface area contributed by atoms with Gasteiger partial charge < -0.3 is 14.7 Å². The molecule has 1 atom stereocenters. The van der Waals surface area contributed by atoms with Crippen molar-refractivity contribution in [1.29, 1.82) is 0 Å². The van der Waals surface area contributed by atoms with Gasteiger partial charge in [0.05, 0.1) is 24.8 Å². The Kier molecular flexibility index (Phi) is 7.08. The molecule has 3 aromatic rings. The lowest BCUT2D eigenvalue weighted by molar-refractivity contribution is -0.133. The van der Waals surface area contributed by atoms with Crippen molar-refractivity contribution < 1.29 is 29.0 Å². The number of Topliss-reactive ketones (excluding diaryl/α,β-unsaturated/α-hetero) is 1. The van der Waals surface area contributed by atoms with E-state index in [9.17, 15) is 19.5 Å². The Balaban J connectivity index is 1.60. The summed E-state index contributed by atoms with van der Waals surface area (Å²) < 4.78 is 5.30. The Morgan fingerprint density at radius 3 is 2.18 bits per heavy atom. The Morgan fingerprint density at radius 1 is 0.909 bits per heavy atom. The van der Waals surface area contributed by atoms with Gasteiger partial charge in [-0.05, 0) is 53.3 Å². The summed E-state index contributed by atoms with van der Waals surface area (Å²) in [4.78, 5) is 60.0. The van der Waals surface area contributed by atoms with Crippen LogP contribution in [0.1, 0.15) is 37.8 Å². The summed E-state index contributed by atoms with van der Waals surface area (Å²) in [6.45, 7) is 4.03. The molecule has 8 nitrogen and oxygen atoms in total. The average Bonchev–Trinajstić information content (AvgIpc) is 3.38. The van der Waals surface area contributed by atoms with Crippen LogP contribution in [0, 0.1) is 5.41 Å². The second-order valence-electron chi connectivity index (χ2n) is 12.0. The number of allylic oxidation sites excluding steroid dienone is 2. The molecular formula is C36H32N2O6. The van der Waals surface area contributed by atoms with Crippen LogP contribution in [0.15, 0.2) is 114 Å². The smallest absolute Gasteiger partial charge is 0.295 e. The minimum atomic E-state index is -2.19. The quantitative estimate of drug-likeness (QED) is 0.363. The number of hydrogen-bond acceptors (Lipinski definition) is 6. The van der Waals surface area contributed by atoms with Gasteiger partial charge >= 0.3 is 0 Å². The highest BCUT2D eigenvalue weighted by molar-refractivity contribution is 6.32. The topological polar surface area (TPSA) is 104 Å². The number of carbonyl (C=O) groups excluding carboxylic acids is 4. The van der Waals surface area contributed by atoms with E-state index < -0.39 is 39.9 Å². The first kappa shape index (κ1) is 28.9. The maximum Gasteiger partial charge on any atom is 0.295 e. The Hall–Kier alpha value is -5.24. The molecule has 2 heterocycles. The molecule has 3 aromatic carbocycles. The SMILES string of the molecule is COc1ccc(N2C(=O)C(O)=C(C(=O)C=Cc3ccccc3)C23C(=O)N(Cc2ccccc2)C2=C3C(=O)CC(C)(C)C2)cc1. The third kappa shape index (κ3) is 4.54. The number of fused-ring (bicyclic) bond motifs is 1. The van der Waals surface area contributed by atoms with E-state index in [1.807, 2.05) is 62.4 Å². The number of hydrogen-bond donors (Lipinski definition) is 1. The predicted octanol–water partition coefficient (Wildman–Crippen LogP) is 5.56. The maximum absolute atomic E-state index is 15.0. The zero-order valence-corrected chi connectivity index (χ0v) is 24.7. The number of anilines is 1. The minimum absolute atomic E-state index is 0.0578. The number of ketones is 2. The Morgan fingerprint density at radius 2 is 1.55 bits per heavy atom. The lowest BCUT2D eigenvalue weighted by Gasteiger charge is -2.38. The summed E-state index contributed by atoms with van der Waals surface area (Å²) >= 11 is 0. The molecule has 1 N–H and O–H groups in total. The molecule has 0 radical (unpaired) electrons. The van der Waals surface area contributed by atoms with Gasteiger partial charge in [-0.2, -0.15) is 0 Å². The molecule has 2 aliphatic heterocycles. The highest BCUT2D eigenvalue weighted by Gasteiger charge is 2.69. The van der Waals surface area contributed by atoms with Crippen molar-refractivity contribution in [3.05, 3.63) is 125 Å². The van der Waals surface area contributed by atoms with Gasteiger partial charge in [-0.1, -0.05) is 80.6 Å². The third-order valence-corrected chi connectivity index (χ3v) is 8.42. The van der Waals surface area contributed by atoms with Crippen molar-refractivity contribution in [3.8, 4) is 5.75 Å². The molecule has 0 saturated heterocycles. The summed E-state index contributed by atoms with van der Waals surface area (Å²) in [5.74, 6) is -3.02. The van der Waals surface area contributed by atoms with Crippen molar-refractivity contribution in [2.75, 3.05) is 12.0 Å². The third-order valence-electron chi connectivity index (χ3n) is 8.42. The van der Waals surface area contributed by atoms with Gasteiger partial charge in [0.1, 0.15) is 5.75 Å². The number of aliphatic hydroxyl groups excluding tert-OH is 1. The molecule has 2 amide bonds. The molecule has 3 aliphatic rings. The number of benzene rings is 3. The molecule has 1 spiro atoms. The summed E-state index contributed by atoms with van der Waals surface area (Å²) in [5.41, 5.74) is -0.820. The van der Waals surface area contributed by atoms with Gasteiger partial charge in [0.25, 0.3) is 11.8 Å². The fraction of sp³-hybridized carbons (Fsp3) is 0.222. The zero-order chi connectivity index (χ0) is 31.2. The lowest BCUT2D eigenvalue weighted by Crippen LogP contribution is -2.58. The summed E-state index contributed by atoms with van der Waals surface area (Å²) in [6, 6.07) is 24.8. The van der Waals surface area contributed by atoms with Gasteiger partial charge in [-0.15, -0.1) is 0 Å². The average molecular weight is 589 g/mol. The van der Waals surface area contributed by atoms with Crippen LogP contribution < -0.4 is 9.64 Å². The van der Waals surface area contributed by atoms with Crippen LogP contribution in [-0.4, -0.2) is 46.0 Å². The number of amides is 2. The largest absolute Gasteiger partial charge is 0.503 e. The van der Waals surface area contributed by atoms with Crippen molar-refractivity contribution in [1.82, 2.24) is 4.90 Å². The normalized spacial score (nSPS) is 21.2. The summed E-state index contributed by atoms with van der Waals surface area (Å²) in [6.07, 6.45) is 3.25. The van der Waals surface area contributed by atoms with Crippen LogP contribution in [0.25, 0.3) is 6.08 Å². The maximum atomic E-state index is 15.0. The summed E-state index contributed by atoms with van der Waals surface area (Å²) in [7, 11) is 1.50. The number of aliphatic hydroxyl groups is 1. The van der Waals surface area contributed by atoms with Gasteiger partial charge in [-0.3, -0.25) is 24.1 Å². The Labute approximate surface area is 255 Å². The number of rotatable bonds is 7. The molecule has 8 heteroatoms. The lowest BCUT2D eigenvalue weighted by atomic mass is 9.70. The van der Waals surface area contributed by atoms with Crippen LogP contribution >= 0.6 is 0 Å². The van der Waals surface area contributed by atoms with Crippen LogP contribution in [0.3, 0.4) is 0 Å². The second-order valence-corrected chi connectivity index (χ2v) is 12.0. The first-order valence-corrected chi connectivity index (χ1v) is 14.4. The first-order chi connectivity index (χ1) is 21.1. The van der Waals surface area contributed by atoms with E-state index in [2.05, 4.69) is 0 Å². The number of ether oxygens (including phenoxy) is 1. The van der Waals surface area contributed by atoms with Crippen LogP contribution in [0.4, 0.5) is 5.69 Å². The van der Waals surface area contributed by atoms with Crippen molar-refractivity contribution in [3.63, 3.8) is 0 Å². The number of nitrogens with zero attached hydrogens (tertiary/aromatic N) is 2. The van der Waals surface area contributed by atoms with Crippen LogP contribution in [0.2, 0.25) is 0 Å². The van der Waals surface area contributed by atoms with Gasteiger partial charge in [0.2, 0.25) is 0 Å². The minimum Gasteiger partial charge on any atom is -0.503 e. The van der Waals surface area contributed by atoms with E-state index in [0.29, 0.717) is 23.4 Å². The zero-order valence-electron chi connectivity index (χ0n) is 24.7. The first-order valence-electron chi connectivity index (χ1n) is 14.4. The highest BCUT2D eigenvalue weighted by Crippen LogP contribution is 2.55. The van der Waals surface area contributed by atoms with E-state index >= 15 is 4.79 Å². The van der Waals surface area contributed by atoms with Crippen molar-refractivity contribution in [2.24, 2.45) is 5.41 Å². The van der Waals surface area contributed by atoms with Crippen LogP contribution in [-0.2, 0) is 25.7 Å². The molecular weight excluding hydrogens is 556 g/mol. The number of methoxy groups -OCH3 is 1. The molecule has 0 bridgehead atoms. The monoisotopic (exact) mass is 588 g/mol. The summed E-state index contributed by atoms with van der Waals surface area (Å²) in [5, 5.41) is 11.5. The number of carbonyl (C=O) groups is 4. The van der Waals surface area contributed by atoms with E-state index in [0.717, 1.165) is 10.5 Å². The molecule has 0 saturated carbocycles. The molecule has 0 fully saturated rings. The molecule has 6 rings (SSSR count). The molecule has 1 unspecified atom stereocenters. The highest BCUT2D eigenvalue weighted by atomic mass is 16.5. The van der Waals surface area contributed by atoms with E-state index in [-0.39, 0.29) is 30.0 Å². The van der Waals surface area contributed by atoms with Gasteiger partial charge in [-0.25, -0.2) is 0 Å². The fourth-order valence-corrected chi connectivity index (χ4v) is 6.53. The predicted molar refractivity (Wildman–Crippen MR) is 165 cm³/mol.